The average Bonchev–Trinajstić information content (AvgIpc) is 2.27. The molecular formula is C14H20N2. The second kappa shape index (κ2) is 6.30. The summed E-state index contributed by atoms with van der Waals surface area (Å²) in [5.41, 5.74) is 3.93. The van der Waals surface area contributed by atoms with Gasteiger partial charge in [0.1, 0.15) is 0 Å². The van der Waals surface area contributed by atoms with Crippen LogP contribution in [-0.4, -0.2) is 6.54 Å². The Morgan fingerprint density at radius 1 is 1.38 bits per heavy atom. The topological polar surface area (TPSA) is 35.8 Å². The van der Waals surface area contributed by atoms with Crippen molar-refractivity contribution in [1.29, 1.82) is 5.26 Å². The molecule has 1 rings (SSSR count). The minimum absolute atomic E-state index is 0.130. The predicted octanol–water partition coefficient (Wildman–Crippen LogP) is 2.94. The highest BCUT2D eigenvalue weighted by atomic mass is 14.9. The van der Waals surface area contributed by atoms with Gasteiger partial charge in [-0.1, -0.05) is 30.7 Å². The van der Waals surface area contributed by atoms with Crippen LogP contribution in [0.3, 0.4) is 0 Å². The standard InChI is InChI=1S/C14H20N2/c1-4-13(8-15)9-16-10-14-6-5-11(2)7-12(14)3/h5-7,13,16H,4,9-10H2,1-3H3. The summed E-state index contributed by atoms with van der Waals surface area (Å²) in [6, 6.07) is 8.78. The van der Waals surface area contributed by atoms with Crippen LogP contribution in [0.15, 0.2) is 18.2 Å². The van der Waals surface area contributed by atoms with Gasteiger partial charge in [-0.3, -0.25) is 0 Å². The lowest BCUT2D eigenvalue weighted by Gasteiger charge is -2.10. The van der Waals surface area contributed by atoms with E-state index in [1.54, 1.807) is 0 Å². The molecule has 0 bridgehead atoms. The molecule has 1 N–H and O–H groups in total. The molecule has 16 heavy (non-hydrogen) atoms. The molecule has 0 aliphatic rings. The fourth-order valence-electron chi connectivity index (χ4n) is 1.71. The molecule has 0 aromatic heterocycles. The summed E-state index contributed by atoms with van der Waals surface area (Å²) in [5.74, 6) is 0.130. The molecule has 0 amide bonds. The van der Waals surface area contributed by atoms with E-state index in [0.717, 1.165) is 19.5 Å². The summed E-state index contributed by atoms with van der Waals surface area (Å²) in [7, 11) is 0. The largest absolute Gasteiger partial charge is 0.311 e. The van der Waals surface area contributed by atoms with Gasteiger partial charge in [-0.05, 0) is 31.4 Å². The normalized spacial score (nSPS) is 12.1. The molecule has 0 spiro atoms. The Morgan fingerprint density at radius 2 is 2.12 bits per heavy atom. The lowest BCUT2D eigenvalue weighted by atomic mass is 10.1. The van der Waals surface area contributed by atoms with E-state index in [-0.39, 0.29) is 5.92 Å². The molecular weight excluding hydrogens is 196 g/mol. The van der Waals surface area contributed by atoms with Crippen molar-refractivity contribution in [3.8, 4) is 6.07 Å². The van der Waals surface area contributed by atoms with Crippen LogP contribution in [-0.2, 0) is 6.54 Å². The molecule has 1 aromatic carbocycles. The van der Waals surface area contributed by atoms with Crippen LogP contribution in [0.5, 0.6) is 0 Å². The van der Waals surface area contributed by atoms with Gasteiger partial charge in [-0.25, -0.2) is 0 Å². The van der Waals surface area contributed by atoms with Gasteiger partial charge in [0.25, 0.3) is 0 Å². The summed E-state index contributed by atoms with van der Waals surface area (Å²) in [4.78, 5) is 0. The first kappa shape index (κ1) is 12.7. The first-order valence-corrected chi connectivity index (χ1v) is 5.83. The van der Waals surface area contributed by atoms with Gasteiger partial charge >= 0.3 is 0 Å². The highest BCUT2D eigenvalue weighted by Crippen LogP contribution is 2.10. The Balaban J connectivity index is 2.46. The summed E-state index contributed by atoms with van der Waals surface area (Å²) >= 11 is 0. The summed E-state index contributed by atoms with van der Waals surface area (Å²) in [6.07, 6.45) is 0.913. The molecule has 86 valence electrons. The second-order valence-electron chi connectivity index (χ2n) is 4.30. The van der Waals surface area contributed by atoms with E-state index in [1.807, 2.05) is 6.92 Å². The second-order valence-corrected chi connectivity index (χ2v) is 4.30. The Bertz CT molecular complexity index is 377. The third-order valence-corrected chi connectivity index (χ3v) is 2.88. The maximum Gasteiger partial charge on any atom is 0.0669 e. The fourth-order valence-corrected chi connectivity index (χ4v) is 1.71. The molecule has 0 fully saturated rings. The number of nitrogens with zero attached hydrogens (tertiary/aromatic N) is 1. The van der Waals surface area contributed by atoms with Crippen LogP contribution in [0.2, 0.25) is 0 Å². The maximum atomic E-state index is 8.82. The smallest absolute Gasteiger partial charge is 0.0669 e. The van der Waals surface area contributed by atoms with Gasteiger partial charge in [0.2, 0.25) is 0 Å². The van der Waals surface area contributed by atoms with Crippen LogP contribution in [0, 0.1) is 31.1 Å². The zero-order valence-electron chi connectivity index (χ0n) is 10.4. The number of aryl methyl sites for hydroxylation is 2. The van der Waals surface area contributed by atoms with E-state index >= 15 is 0 Å². The first-order valence-electron chi connectivity index (χ1n) is 5.83. The van der Waals surface area contributed by atoms with E-state index in [1.165, 1.54) is 16.7 Å². The minimum Gasteiger partial charge on any atom is -0.311 e. The number of nitriles is 1. The van der Waals surface area contributed by atoms with Crippen LogP contribution < -0.4 is 5.32 Å². The Hall–Kier alpha value is -1.33. The molecule has 0 aliphatic carbocycles. The zero-order valence-corrected chi connectivity index (χ0v) is 10.4. The molecule has 2 nitrogen and oxygen atoms in total. The molecule has 0 aliphatic heterocycles. The monoisotopic (exact) mass is 216 g/mol. The van der Waals surface area contributed by atoms with E-state index in [2.05, 4.69) is 43.4 Å². The fraction of sp³-hybridized carbons (Fsp3) is 0.500. The summed E-state index contributed by atoms with van der Waals surface area (Å²) in [6.45, 7) is 7.91. The van der Waals surface area contributed by atoms with E-state index in [4.69, 9.17) is 5.26 Å². The van der Waals surface area contributed by atoms with Gasteiger partial charge in [0, 0.05) is 13.1 Å². The maximum absolute atomic E-state index is 8.82. The molecule has 0 heterocycles. The Morgan fingerprint density at radius 3 is 2.69 bits per heavy atom. The number of hydrogen-bond acceptors (Lipinski definition) is 2. The van der Waals surface area contributed by atoms with E-state index in [9.17, 15) is 0 Å². The van der Waals surface area contributed by atoms with Crippen molar-refractivity contribution >= 4 is 0 Å². The quantitative estimate of drug-likeness (QED) is 0.821. The van der Waals surface area contributed by atoms with Crippen molar-refractivity contribution in [3.05, 3.63) is 34.9 Å². The van der Waals surface area contributed by atoms with Crippen molar-refractivity contribution < 1.29 is 0 Å². The van der Waals surface area contributed by atoms with Crippen molar-refractivity contribution in [2.24, 2.45) is 5.92 Å². The third kappa shape index (κ3) is 3.67. The zero-order chi connectivity index (χ0) is 12.0. The van der Waals surface area contributed by atoms with Crippen LogP contribution in [0.1, 0.15) is 30.0 Å². The number of nitrogens with one attached hydrogen (secondary N) is 1. The van der Waals surface area contributed by atoms with E-state index < -0.39 is 0 Å². The molecule has 0 saturated carbocycles. The molecule has 1 aromatic rings. The molecule has 0 radical (unpaired) electrons. The van der Waals surface area contributed by atoms with Crippen molar-refractivity contribution in [1.82, 2.24) is 5.32 Å². The first-order chi connectivity index (χ1) is 7.67. The van der Waals surface area contributed by atoms with Crippen molar-refractivity contribution in [2.75, 3.05) is 6.54 Å². The van der Waals surface area contributed by atoms with Crippen LogP contribution in [0.25, 0.3) is 0 Å². The van der Waals surface area contributed by atoms with Gasteiger partial charge in [-0.2, -0.15) is 5.26 Å². The van der Waals surface area contributed by atoms with Gasteiger partial charge in [0.05, 0.1) is 12.0 Å². The van der Waals surface area contributed by atoms with Crippen LogP contribution in [0.4, 0.5) is 0 Å². The van der Waals surface area contributed by atoms with Crippen LogP contribution >= 0.6 is 0 Å². The third-order valence-electron chi connectivity index (χ3n) is 2.88. The van der Waals surface area contributed by atoms with Gasteiger partial charge in [-0.15, -0.1) is 0 Å². The lowest BCUT2D eigenvalue weighted by molar-refractivity contribution is 0.552. The van der Waals surface area contributed by atoms with Gasteiger partial charge in [0.15, 0.2) is 0 Å². The molecule has 1 atom stereocenters. The van der Waals surface area contributed by atoms with Crippen molar-refractivity contribution in [2.45, 2.75) is 33.7 Å². The predicted molar refractivity (Wildman–Crippen MR) is 67.0 cm³/mol. The number of rotatable bonds is 5. The van der Waals surface area contributed by atoms with Gasteiger partial charge < -0.3 is 5.32 Å². The minimum atomic E-state index is 0.130. The molecule has 0 saturated heterocycles. The highest BCUT2D eigenvalue weighted by Gasteiger charge is 2.04. The van der Waals surface area contributed by atoms with E-state index in [0.29, 0.717) is 0 Å². The number of hydrogen-bond donors (Lipinski definition) is 1. The molecule has 1 unspecified atom stereocenters. The lowest BCUT2D eigenvalue weighted by Crippen LogP contribution is -2.21. The highest BCUT2D eigenvalue weighted by molar-refractivity contribution is 5.30. The Kier molecular flexibility index (Phi) is 5.01. The summed E-state index contributed by atoms with van der Waals surface area (Å²) < 4.78 is 0. The molecule has 2 heteroatoms. The van der Waals surface area contributed by atoms with Crippen molar-refractivity contribution in [3.63, 3.8) is 0 Å². The average molecular weight is 216 g/mol. The number of benzene rings is 1. The SMILES string of the molecule is CCC(C#N)CNCc1ccc(C)cc1C. The Labute approximate surface area is 98.3 Å². The summed E-state index contributed by atoms with van der Waals surface area (Å²) in [5, 5.41) is 12.2.